The first-order valence-electron chi connectivity index (χ1n) is 9.81. The number of aromatic hydroxyl groups is 1. The Morgan fingerprint density at radius 1 is 1.36 bits per heavy atom. The summed E-state index contributed by atoms with van der Waals surface area (Å²) in [5.41, 5.74) is -0.379. The summed E-state index contributed by atoms with van der Waals surface area (Å²) in [6.07, 6.45) is 1.31. The Kier molecular flexibility index (Phi) is 5.28. The first-order valence-corrected chi connectivity index (χ1v) is 9.81. The normalized spacial score (nSPS) is 16.5. The van der Waals surface area contributed by atoms with Crippen LogP contribution in [0.1, 0.15) is 68.9 Å². The molecule has 0 saturated heterocycles. The summed E-state index contributed by atoms with van der Waals surface area (Å²) in [6.45, 7) is 9.10. The molecule has 1 atom stereocenters. The zero-order chi connectivity index (χ0) is 20.8. The fourth-order valence-corrected chi connectivity index (χ4v) is 3.76. The lowest BCUT2D eigenvalue weighted by Crippen LogP contribution is -2.39. The van der Waals surface area contributed by atoms with Gasteiger partial charge in [0.2, 0.25) is 0 Å². The van der Waals surface area contributed by atoms with Gasteiger partial charge in [-0.2, -0.15) is 0 Å². The van der Waals surface area contributed by atoms with Crippen molar-refractivity contribution in [2.24, 2.45) is 5.92 Å². The second-order valence-electron chi connectivity index (χ2n) is 8.56. The number of phenolic OH excluding ortho intramolecular Hbond substituents is 1. The van der Waals surface area contributed by atoms with E-state index in [1.165, 1.54) is 6.07 Å². The lowest BCUT2D eigenvalue weighted by atomic mass is 9.91. The second-order valence-corrected chi connectivity index (χ2v) is 8.56. The molecule has 2 heterocycles. The Morgan fingerprint density at radius 2 is 2.04 bits per heavy atom. The van der Waals surface area contributed by atoms with E-state index in [2.05, 4.69) is 0 Å². The van der Waals surface area contributed by atoms with Crippen molar-refractivity contribution in [3.8, 4) is 11.5 Å². The first kappa shape index (κ1) is 20.4. The van der Waals surface area contributed by atoms with Crippen LogP contribution in [-0.4, -0.2) is 27.7 Å². The molecule has 2 N–H and O–H groups in total. The smallest absolute Gasteiger partial charge is 0.336 e. The van der Waals surface area contributed by atoms with Crippen molar-refractivity contribution in [3.63, 3.8) is 0 Å². The number of ketones is 1. The summed E-state index contributed by atoms with van der Waals surface area (Å²) < 4.78 is 11.5. The average molecular weight is 388 g/mol. The van der Waals surface area contributed by atoms with Crippen LogP contribution in [0.5, 0.6) is 11.5 Å². The van der Waals surface area contributed by atoms with Crippen LogP contribution >= 0.6 is 0 Å². The number of carbonyl (C=O) groups is 1. The summed E-state index contributed by atoms with van der Waals surface area (Å²) in [4.78, 5) is 25.1. The molecule has 0 amide bonds. The van der Waals surface area contributed by atoms with Gasteiger partial charge in [0.05, 0.1) is 11.0 Å². The Labute approximate surface area is 164 Å². The van der Waals surface area contributed by atoms with E-state index in [0.29, 0.717) is 23.1 Å². The van der Waals surface area contributed by atoms with E-state index in [1.54, 1.807) is 13.8 Å². The molecule has 0 spiro atoms. The molecule has 1 aromatic heterocycles. The lowest BCUT2D eigenvalue weighted by Gasteiger charge is -2.24. The monoisotopic (exact) mass is 388 g/mol. The Balaban J connectivity index is 2.36. The third-order valence-electron chi connectivity index (χ3n) is 5.12. The number of fused-ring (bicyclic) bond motifs is 3. The number of benzene rings is 1. The van der Waals surface area contributed by atoms with Gasteiger partial charge in [-0.15, -0.1) is 0 Å². The minimum atomic E-state index is -1.14. The fraction of sp³-hybridized carbons (Fsp3) is 0.545. The number of hydrogen-bond donors (Lipinski definition) is 2. The van der Waals surface area contributed by atoms with Gasteiger partial charge in [0.1, 0.15) is 23.2 Å². The van der Waals surface area contributed by atoms with Crippen molar-refractivity contribution < 1.29 is 24.2 Å². The zero-order valence-electron chi connectivity index (χ0n) is 17.1. The molecule has 28 heavy (non-hydrogen) atoms. The van der Waals surface area contributed by atoms with E-state index in [1.807, 2.05) is 20.8 Å². The minimum Gasteiger partial charge on any atom is -0.507 e. The predicted molar refractivity (Wildman–Crippen MR) is 106 cm³/mol. The quantitative estimate of drug-likeness (QED) is 0.578. The second kappa shape index (κ2) is 7.24. The summed E-state index contributed by atoms with van der Waals surface area (Å²) in [5, 5.41) is 21.9. The van der Waals surface area contributed by atoms with Gasteiger partial charge >= 0.3 is 5.63 Å². The van der Waals surface area contributed by atoms with E-state index >= 15 is 0 Å². The summed E-state index contributed by atoms with van der Waals surface area (Å²) in [7, 11) is 0. The van der Waals surface area contributed by atoms with Crippen LogP contribution in [0.15, 0.2) is 15.3 Å². The molecule has 1 aromatic carbocycles. The third kappa shape index (κ3) is 3.53. The van der Waals surface area contributed by atoms with Gasteiger partial charge in [-0.05, 0) is 31.7 Å². The highest BCUT2D eigenvalue weighted by atomic mass is 16.5. The molecule has 6 heteroatoms. The molecule has 6 nitrogen and oxygen atoms in total. The Hall–Kier alpha value is -2.34. The molecular formula is C22H28O6. The number of carbonyl (C=O) groups excluding carboxylic acids is 1. The van der Waals surface area contributed by atoms with Gasteiger partial charge < -0.3 is 19.4 Å². The maximum atomic E-state index is 12.9. The van der Waals surface area contributed by atoms with Crippen molar-refractivity contribution in [2.75, 3.05) is 0 Å². The van der Waals surface area contributed by atoms with Crippen molar-refractivity contribution in [2.45, 2.75) is 72.0 Å². The maximum Gasteiger partial charge on any atom is 0.336 e. The van der Waals surface area contributed by atoms with E-state index in [9.17, 15) is 19.8 Å². The molecule has 2 aromatic rings. The molecular weight excluding hydrogens is 360 g/mol. The number of Topliss-reactive ketones (excluding diaryl/α,β-unsaturated/α-hetero) is 1. The number of ether oxygens (including phenoxy) is 1. The number of aliphatic hydroxyl groups is 1. The van der Waals surface area contributed by atoms with Gasteiger partial charge in [-0.1, -0.05) is 27.2 Å². The first-order chi connectivity index (χ1) is 13.0. The Morgan fingerprint density at radius 3 is 2.61 bits per heavy atom. The van der Waals surface area contributed by atoms with E-state index in [0.717, 1.165) is 12.0 Å². The molecule has 0 saturated carbocycles. The van der Waals surface area contributed by atoms with Crippen molar-refractivity contribution in [1.82, 2.24) is 0 Å². The zero-order valence-corrected chi connectivity index (χ0v) is 17.1. The van der Waals surface area contributed by atoms with Crippen molar-refractivity contribution >= 4 is 16.8 Å². The fourth-order valence-electron chi connectivity index (χ4n) is 3.76. The number of aryl methyl sites for hydroxylation is 1. The van der Waals surface area contributed by atoms with Crippen LogP contribution in [0.3, 0.4) is 0 Å². The molecule has 1 aliphatic heterocycles. The van der Waals surface area contributed by atoms with Crippen molar-refractivity contribution in [3.05, 3.63) is 33.2 Å². The minimum absolute atomic E-state index is 0.0394. The summed E-state index contributed by atoms with van der Waals surface area (Å²) >= 11 is 0. The number of rotatable bonds is 6. The van der Waals surface area contributed by atoms with Crippen LogP contribution in [0.4, 0.5) is 0 Å². The number of hydrogen-bond acceptors (Lipinski definition) is 6. The molecule has 1 aliphatic rings. The van der Waals surface area contributed by atoms with E-state index in [-0.39, 0.29) is 41.4 Å². The van der Waals surface area contributed by atoms with Crippen LogP contribution in [0.25, 0.3) is 11.0 Å². The molecule has 0 aliphatic carbocycles. The van der Waals surface area contributed by atoms with Crippen LogP contribution in [0.2, 0.25) is 0 Å². The predicted octanol–water partition coefficient (Wildman–Crippen LogP) is 3.75. The highest BCUT2D eigenvalue weighted by Crippen LogP contribution is 2.47. The number of phenols is 1. The topological polar surface area (TPSA) is 97.0 Å². The van der Waals surface area contributed by atoms with Gasteiger partial charge in [0.25, 0.3) is 0 Å². The van der Waals surface area contributed by atoms with Crippen molar-refractivity contribution in [1.29, 1.82) is 0 Å². The molecule has 152 valence electrons. The summed E-state index contributed by atoms with van der Waals surface area (Å²) in [6, 6.07) is 1.42. The van der Waals surface area contributed by atoms with Crippen LogP contribution < -0.4 is 10.4 Å². The Bertz CT molecular complexity index is 977. The summed E-state index contributed by atoms with van der Waals surface area (Å²) in [5.74, 6) is -0.00504. The average Bonchev–Trinajstić information content (AvgIpc) is 2.99. The molecule has 0 bridgehead atoms. The lowest BCUT2D eigenvalue weighted by molar-refractivity contribution is -0.0225. The maximum absolute atomic E-state index is 12.9. The van der Waals surface area contributed by atoms with Gasteiger partial charge in [-0.25, -0.2) is 4.79 Å². The molecule has 3 rings (SSSR count). The molecule has 0 radical (unpaired) electrons. The SMILES string of the molecule is CCCc1cc(=O)oc2c(C(=O)CC(C)C)c(O)c3c(c12)OC(C(C)(C)O)C3. The third-order valence-corrected chi connectivity index (χ3v) is 5.12. The van der Waals surface area contributed by atoms with E-state index < -0.39 is 17.3 Å². The van der Waals surface area contributed by atoms with Crippen LogP contribution in [0, 0.1) is 5.92 Å². The van der Waals surface area contributed by atoms with E-state index in [4.69, 9.17) is 9.15 Å². The molecule has 1 unspecified atom stereocenters. The standard InChI is InChI=1S/C22H28O6/c1-6-7-12-9-16(24)28-21-17(12)20-13(10-15(27-20)22(4,5)26)19(25)18(21)14(23)8-11(2)3/h9,11,15,25-26H,6-8,10H2,1-5H3. The largest absolute Gasteiger partial charge is 0.507 e. The van der Waals surface area contributed by atoms with Gasteiger partial charge in [0, 0.05) is 24.5 Å². The highest BCUT2D eigenvalue weighted by Gasteiger charge is 2.40. The van der Waals surface area contributed by atoms with Gasteiger partial charge in [-0.3, -0.25) is 4.79 Å². The molecule has 0 fully saturated rings. The van der Waals surface area contributed by atoms with Crippen LogP contribution in [-0.2, 0) is 12.8 Å². The van der Waals surface area contributed by atoms with Gasteiger partial charge in [0.15, 0.2) is 11.4 Å². The highest BCUT2D eigenvalue weighted by molar-refractivity contribution is 6.11.